The van der Waals surface area contributed by atoms with Gasteiger partial charge in [-0.1, -0.05) is 24.3 Å². The zero-order valence-electron chi connectivity index (χ0n) is 16.8. The minimum absolute atomic E-state index is 0.0141. The Hall–Kier alpha value is -3.36. The lowest BCUT2D eigenvalue weighted by Gasteiger charge is -2.23. The number of benzene rings is 2. The molecule has 31 heavy (non-hydrogen) atoms. The SMILES string of the molecule is COC(=O)c1ccc(CN2CCN(C(=O)c3ccccc3C(F)(F)F)CCC2=O)cc1. The first-order valence-electron chi connectivity index (χ1n) is 9.61. The fraction of sp³-hybridized carbons (Fsp3) is 0.318. The van der Waals surface area contributed by atoms with Crippen LogP contribution in [0.5, 0.6) is 0 Å². The lowest BCUT2D eigenvalue weighted by Crippen LogP contribution is -2.36. The average molecular weight is 434 g/mol. The molecule has 2 amide bonds. The Morgan fingerprint density at radius 1 is 1.00 bits per heavy atom. The first kappa shape index (κ1) is 22.3. The third kappa shape index (κ3) is 5.22. The van der Waals surface area contributed by atoms with Gasteiger partial charge in [-0.2, -0.15) is 13.2 Å². The molecule has 3 rings (SSSR count). The van der Waals surface area contributed by atoms with Gasteiger partial charge in [0, 0.05) is 32.6 Å². The predicted molar refractivity (Wildman–Crippen MR) is 105 cm³/mol. The summed E-state index contributed by atoms with van der Waals surface area (Å²) in [5, 5.41) is 0. The smallest absolute Gasteiger partial charge is 0.417 e. The maximum atomic E-state index is 13.3. The van der Waals surface area contributed by atoms with Crippen LogP contribution in [-0.4, -0.2) is 54.3 Å². The number of hydrogen-bond donors (Lipinski definition) is 0. The van der Waals surface area contributed by atoms with E-state index in [0.29, 0.717) is 5.56 Å². The molecule has 0 unspecified atom stereocenters. The Morgan fingerprint density at radius 2 is 1.68 bits per heavy atom. The number of esters is 1. The molecule has 0 radical (unpaired) electrons. The first-order valence-corrected chi connectivity index (χ1v) is 9.61. The standard InChI is InChI=1S/C22H21F3N2O4/c1-31-21(30)16-8-6-15(7-9-16)14-27-13-12-26(11-10-19(27)28)20(29)17-4-2-3-5-18(17)22(23,24)25/h2-9H,10-14H2,1H3. The van der Waals surface area contributed by atoms with Gasteiger partial charge in [0.25, 0.3) is 5.91 Å². The van der Waals surface area contributed by atoms with Gasteiger partial charge in [0.05, 0.1) is 23.8 Å². The van der Waals surface area contributed by atoms with Crippen LogP contribution < -0.4 is 0 Å². The zero-order valence-corrected chi connectivity index (χ0v) is 16.8. The summed E-state index contributed by atoms with van der Waals surface area (Å²) in [6, 6.07) is 11.2. The van der Waals surface area contributed by atoms with Crippen molar-refractivity contribution in [2.24, 2.45) is 0 Å². The molecular weight excluding hydrogens is 413 g/mol. The molecule has 164 valence electrons. The van der Waals surface area contributed by atoms with Crippen LogP contribution in [0.25, 0.3) is 0 Å². The molecule has 0 bridgehead atoms. The summed E-state index contributed by atoms with van der Waals surface area (Å²) in [6.07, 6.45) is -4.63. The fourth-order valence-corrected chi connectivity index (χ4v) is 3.41. The number of carbonyl (C=O) groups is 3. The molecule has 6 nitrogen and oxygen atoms in total. The highest BCUT2D eigenvalue weighted by Crippen LogP contribution is 2.32. The molecule has 0 spiro atoms. The molecule has 1 fully saturated rings. The minimum Gasteiger partial charge on any atom is -0.465 e. The van der Waals surface area contributed by atoms with Crippen molar-refractivity contribution in [3.05, 3.63) is 70.8 Å². The Labute approximate surface area is 177 Å². The Bertz CT molecular complexity index is 973. The van der Waals surface area contributed by atoms with Crippen LogP contribution in [0.2, 0.25) is 0 Å². The van der Waals surface area contributed by atoms with Crippen LogP contribution in [0.4, 0.5) is 13.2 Å². The van der Waals surface area contributed by atoms with Gasteiger partial charge < -0.3 is 14.5 Å². The second-order valence-corrected chi connectivity index (χ2v) is 7.09. The largest absolute Gasteiger partial charge is 0.465 e. The Morgan fingerprint density at radius 3 is 2.32 bits per heavy atom. The topological polar surface area (TPSA) is 66.9 Å². The molecule has 0 atom stereocenters. The lowest BCUT2D eigenvalue weighted by molar-refractivity contribution is -0.138. The Balaban J connectivity index is 1.70. The number of ether oxygens (including phenoxy) is 1. The molecule has 1 aliphatic heterocycles. The van der Waals surface area contributed by atoms with Gasteiger partial charge in [0.15, 0.2) is 0 Å². The van der Waals surface area contributed by atoms with Gasteiger partial charge in [-0.3, -0.25) is 9.59 Å². The van der Waals surface area contributed by atoms with Crippen molar-refractivity contribution in [1.82, 2.24) is 9.80 Å². The molecule has 0 aliphatic carbocycles. The molecular formula is C22H21F3N2O4. The Kier molecular flexibility index (Phi) is 6.62. The summed E-state index contributed by atoms with van der Waals surface area (Å²) in [7, 11) is 1.28. The molecule has 2 aromatic rings. The van der Waals surface area contributed by atoms with Crippen molar-refractivity contribution in [2.75, 3.05) is 26.7 Å². The molecule has 0 saturated carbocycles. The number of hydrogen-bond acceptors (Lipinski definition) is 4. The third-order valence-electron chi connectivity index (χ3n) is 5.09. The number of carbonyl (C=O) groups excluding carboxylic acids is 3. The van der Waals surface area contributed by atoms with Gasteiger partial charge in [-0.15, -0.1) is 0 Å². The van der Waals surface area contributed by atoms with Crippen LogP contribution in [0.3, 0.4) is 0 Å². The van der Waals surface area contributed by atoms with Gasteiger partial charge >= 0.3 is 12.1 Å². The van der Waals surface area contributed by atoms with Gasteiger partial charge in [0.1, 0.15) is 0 Å². The van der Waals surface area contributed by atoms with Gasteiger partial charge in [-0.25, -0.2) is 4.79 Å². The van der Waals surface area contributed by atoms with E-state index in [2.05, 4.69) is 4.74 Å². The number of halogens is 3. The van der Waals surface area contributed by atoms with Crippen molar-refractivity contribution >= 4 is 17.8 Å². The molecule has 2 aromatic carbocycles. The van der Waals surface area contributed by atoms with Gasteiger partial charge in [-0.05, 0) is 29.8 Å². The summed E-state index contributed by atoms with van der Waals surface area (Å²) in [5.41, 5.74) is -0.246. The van der Waals surface area contributed by atoms with Crippen LogP contribution in [-0.2, 0) is 22.3 Å². The zero-order chi connectivity index (χ0) is 22.6. The van der Waals surface area contributed by atoms with Crippen LogP contribution in [0.1, 0.15) is 38.3 Å². The van der Waals surface area contributed by atoms with Crippen molar-refractivity contribution in [1.29, 1.82) is 0 Å². The maximum absolute atomic E-state index is 13.3. The summed E-state index contributed by atoms with van der Waals surface area (Å²) in [4.78, 5) is 39.6. The second-order valence-electron chi connectivity index (χ2n) is 7.09. The van der Waals surface area contributed by atoms with E-state index in [0.717, 1.165) is 17.7 Å². The number of methoxy groups -OCH3 is 1. The number of amides is 2. The van der Waals surface area contributed by atoms with Crippen LogP contribution >= 0.6 is 0 Å². The average Bonchev–Trinajstić information content (AvgIpc) is 2.94. The predicted octanol–water partition coefficient (Wildman–Crippen LogP) is 3.37. The highest BCUT2D eigenvalue weighted by Gasteiger charge is 2.36. The second kappa shape index (κ2) is 9.20. The van der Waals surface area contributed by atoms with E-state index in [1.54, 1.807) is 29.2 Å². The van der Waals surface area contributed by atoms with E-state index in [-0.39, 0.29) is 38.5 Å². The molecule has 0 N–H and O–H groups in total. The number of rotatable bonds is 4. The molecule has 1 heterocycles. The monoisotopic (exact) mass is 434 g/mol. The van der Waals surface area contributed by atoms with Crippen LogP contribution in [0, 0.1) is 0 Å². The normalized spacial score (nSPS) is 14.9. The highest BCUT2D eigenvalue weighted by atomic mass is 19.4. The van der Waals surface area contributed by atoms with Crippen molar-refractivity contribution in [2.45, 2.75) is 19.1 Å². The van der Waals surface area contributed by atoms with E-state index in [9.17, 15) is 27.6 Å². The van der Waals surface area contributed by atoms with E-state index < -0.39 is 29.2 Å². The highest BCUT2D eigenvalue weighted by molar-refractivity contribution is 5.96. The van der Waals surface area contributed by atoms with E-state index in [4.69, 9.17) is 0 Å². The van der Waals surface area contributed by atoms with Gasteiger partial charge in [0.2, 0.25) is 5.91 Å². The molecule has 9 heteroatoms. The fourth-order valence-electron chi connectivity index (χ4n) is 3.41. The van der Waals surface area contributed by atoms with E-state index >= 15 is 0 Å². The number of alkyl halides is 3. The van der Waals surface area contributed by atoms with Crippen LogP contribution in [0.15, 0.2) is 48.5 Å². The number of nitrogens with zero attached hydrogens (tertiary/aromatic N) is 2. The summed E-state index contributed by atoms with van der Waals surface area (Å²) >= 11 is 0. The summed E-state index contributed by atoms with van der Waals surface area (Å²) < 4.78 is 44.4. The molecule has 1 aliphatic rings. The lowest BCUT2D eigenvalue weighted by atomic mass is 10.1. The van der Waals surface area contributed by atoms with Crippen molar-refractivity contribution < 1.29 is 32.3 Å². The first-order chi connectivity index (χ1) is 14.7. The molecule has 1 saturated heterocycles. The van der Waals surface area contributed by atoms with E-state index in [1.165, 1.54) is 24.1 Å². The van der Waals surface area contributed by atoms with Crippen molar-refractivity contribution in [3.63, 3.8) is 0 Å². The summed E-state index contributed by atoms with van der Waals surface area (Å²) in [6.45, 7) is 0.623. The van der Waals surface area contributed by atoms with Crippen molar-refractivity contribution in [3.8, 4) is 0 Å². The van der Waals surface area contributed by atoms with E-state index in [1.807, 2.05) is 0 Å². The minimum atomic E-state index is -4.64. The maximum Gasteiger partial charge on any atom is 0.417 e. The quantitative estimate of drug-likeness (QED) is 0.693. The third-order valence-corrected chi connectivity index (χ3v) is 5.09. The molecule has 0 aromatic heterocycles. The summed E-state index contributed by atoms with van der Waals surface area (Å²) in [5.74, 6) is -1.41.